The van der Waals surface area contributed by atoms with Gasteiger partial charge in [0.05, 0.1) is 4.52 Å². The molecular weight excluding hydrogens is 661 g/mol. The van der Waals surface area contributed by atoms with Gasteiger partial charge in [-0.2, -0.15) is 8.42 Å². The highest BCUT2D eigenvalue weighted by Gasteiger charge is 2.17. The van der Waals surface area contributed by atoms with Gasteiger partial charge in [-0.25, -0.2) is 3.97 Å². The van der Waals surface area contributed by atoms with Gasteiger partial charge in [0.2, 0.25) is 0 Å². The Hall–Kier alpha value is -3.97. The van der Waals surface area contributed by atoms with E-state index in [1.165, 1.54) is 42.3 Å². The van der Waals surface area contributed by atoms with Crippen LogP contribution in [-0.4, -0.2) is 46.8 Å². The Bertz CT molecular complexity index is 1550. The molecule has 0 amide bonds. The van der Waals surface area contributed by atoms with Crippen molar-refractivity contribution in [3.63, 3.8) is 0 Å². The van der Waals surface area contributed by atoms with Crippen molar-refractivity contribution in [3.8, 4) is 0 Å². The van der Waals surface area contributed by atoms with E-state index in [1.54, 1.807) is 36.4 Å². The smallest absolute Gasteiger partial charge is 0.327 e. The number of carboxylic acids is 2. The lowest BCUT2D eigenvalue weighted by molar-refractivity contribution is -0.139. The molecule has 0 fully saturated rings. The molecule has 15 nitrogen and oxygen atoms in total. The van der Waals surface area contributed by atoms with Gasteiger partial charge < -0.3 is 21.1 Å². The standard InChI is InChI=1S/C9H9N3O2.C9H11NO2.C4H4N4O2S.CH4O.S4/c1-6-2-4-7(5-3-6)8(9(13)14)11-12-10;1-6-2-4-7(5-3-6)8(10)9(11)12;5-6-7-11(9,10)8-3-1-2-4-8;1-2;1-3-4-2/h2-5,8H,1H3,(H,13,14);2-5,8H,10H2,1H3,(H,11,12);1-4H;2H,1H3;. The molecule has 2 atom stereocenters. The third kappa shape index (κ3) is 17.6. The Kier molecular flexibility index (Phi) is 22.6. The van der Waals surface area contributed by atoms with E-state index in [0.29, 0.717) is 11.1 Å². The summed E-state index contributed by atoms with van der Waals surface area (Å²) < 4.78 is 25.1. The number of nitrogens with zero attached hydrogens (tertiary/aromatic N) is 7. The summed E-state index contributed by atoms with van der Waals surface area (Å²) >= 11 is 8.66. The molecule has 0 aliphatic rings. The highest BCUT2D eigenvalue weighted by atomic mass is 33.2. The number of aromatic nitrogens is 1. The van der Waals surface area contributed by atoms with E-state index >= 15 is 0 Å². The Morgan fingerprint density at radius 3 is 1.60 bits per heavy atom. The summed E-state index contributed by atoms with van der Waals surface area (Å²) in [6.45, 7) is 3.84. The van der Waals surface area contributed by atoms with Crippen molar-refractivity contribution in [2.75, 3.05) is 7.11 Å². The van der Waals surface area contributed by atoms with Crippen LogP contribution in [0.1, 0.15) is 34.3 Å². The minimum Gasteiger partial charge on any atom is -0.481 e. The molecule has 20 heteroatoms. The molecule has 0 aliphatic heterocycles. The van der Waals surface area contributed by atoms with Gasteiger partial charge in [-0.15, -0.1) is 0 Å². The predicted molar refractivity (Wildman–Crippen MR) is 172 cm³/mol. The van der Waals surface area contributed by atoms with E-state index in [-0.39, 0.29) is 0 Å². The number of nitrogens with two attached hydrogens (primary N) is 1. The number of aliphatic hydroxyl groups excluding tert-OH is 1. The van der Waals surface area contributed by atoms with Gasteiger partial charge in [-0.3, -0.25) is 9.59 Å². The highest BCUT2D eigenvalue weighted by molar-refractivity contribution is 8.51. The summed E-state index contributed by atoms with van der Waals surface area (Å²) in [4.78, 5) is 25.8. The van der Waals surface area contributed by atoms with Crippen LogP contribution in [-0.2, 0) is 59.9 Å². The van der Waals surface area contributed by atoms with Gasteiger partial charge in [0, 0.05) is 69.5 Å². The molecule has 0 aliphatic carbocycles. The first-order valence-electron chi connectivity index (χ1n) is 11.2. The second-order valence-electron chi connectivity index (χ2n) is 7.38. The Balaban J connectivity index is 0. The van der Waals surface area contributed by atoms with Crippen LogP contribution >= 0.6 is 0 Å². The minimum absolute atomic E-state index is 0.487. The maximum atomic E-state index is 10.8. The normalized spacial score (nSPS) is 10.5. The van der Waals surface area contributed by atoms with Crippen molar-refractivity contribution in [3.05, 3.63) is 116 Å². The Labute approximate surface area is 263 Å². The average Bonchev–Trinajstić information content (AvgIpc) is 3.55. The number of hydrogen-bond acceptors (Lipinski definition) is 9. The number of carbonyl (C=O) groups is 2. The summed E-state index contributed by atoms with van der Waals surface area (Å²) in [5.74, 6) is -2.15. The molecule has 0 saturated heterocycles. The van der Waals surface area contributed by atoms with Crippen molar-refractivity contribution >= 4 is 62.3 Å². The fourth-order valence-corrected chi connectivity index (χ4v) is 3.16. The number of carboxylic acid groups (broad SMARTS) is 2. The van der Waals surface area contributed by atoms with Crippen LogP contribution in [0.2, 0.25) is 0 Å². The Morgan fingerprint density at radius 2 is 1.28 bits per heavy atom. The lowest BCUT2D eigenvalue weighted by Gasteiger charge is -2.05. The molecule has 0 bridgehead atoms. The van der Waals surface area contributed by atoms with Crippen molar-refractivity contribution in [2.45, 2.75) is 25.9 Å². The quantitative estimate of drug-likeness (QED) is 0.157. The molecule has 1 aromatic heterocycles. The largest absolute Gasteiger partial charge is 0.481 e. The molecule has 5 N–H and O–H groups in total. The maximum absolute atomic E-state index is 10.8. The summed E-state index contributed by atoms with van der Waals surface area (Å²) in [7, 11) is -0.499. The van der Waals surface area contributed by atoms with Crippen LogP contribution in [0.5, 0.6) is 0 Å². The number of azide groups is 2. The molecular formula is C23H28N8O7S5. The highest BCUT2D eigenvalue weighted by Crippen LogP contribution is 2.18. The topological polar surface area (TPSA) is 257 Å². The fourth-order valence-electron chi connectivity index (χ4n) is 2.54. The van der Waals surface area contributed by atoms with Gasteiger partial charge in [-0.1, -0.05) is 64.8 Å². The van der Waals surface area contributed by atoms with E-state index in [4.69, 9.17) is 32.1 Å². The number of aryl methyl sites for hydroxylation is 2. The minimum atomic E-state index is -3.84. The van der Waals surface area contributed by atoms with E-state index < -0.39 is 34.2 Å². The first kappa shape index (κ1) is 41.2. The van der Waals surface area contributed by atoms with Gasteiger partial charge >= 0.3 is 22.1 Å². The second kappa shape index (κ2) is 23.6. The summed E-state index contributed by atoms with van der Waals surface area (Å²) in [5.41, 5.74) is 24.7. The fraction of sp³-hybridized carbons (Fsp3) is 0.217. The van der Waals surface area contributed by atoms with Crippen LogP contribution in [0, 0.1) is 13.8 Å². The van der Waals surface area contributed by atoms with Crippen LogP contribution in [0.25, 0.3) is 20.9 Å². The van der Waals surface area contributed by atoms with Crippen LogP contribution < -0.4 is 5.73 Å². The average molecular weight is 689 g/mol. The second-order valence-corrected chi connectivity index (χ2v) is 12.4. The molecule has 3 rings (SSSR count). The summed E-state index contributed by atoms with van der Waals surface area (Å²) in [6.07, 6.45) is 2.56. The molecule has 43 heavy (non-hydrogen) atoms. The van der Waals surface area contributed by atoms with Crippen LogP contribution in [0.4, 0.5) is 0 Å². The summed E-state index contributed by atoms with van der Waals surface area (Å²) in [5, 5.41) is 27.5. The monoisotopic (exact) mass is 688 g/mol. The zero-order chi connectivity index (χ0) is 33.4. The van der Waals surface area contributed by atoms with Crippen molar-refractivity contribution in [1.82, 2.24) is 3.97 Å². The van der Waals surface area contributed by atoms with Gasteiger partial charge in [0.15, 0.2) is 6.04 Å². The van der Waals surface area contributed by atoms with Gasteiger partial charge in [0.1, 0.15) is 6.04 Å². The van der Waals surface area contributed by atoms with E-state index in [9.17, 15) is 18.0 Å². The third-order valence-electron chi connectivity index (χ3n) is 4.51. The SMILES string of the molecule is CO.Cc1ccc(C(N)C(=O)O)cc1.Cc1ccc(C(N=[N+]=[N-])C(=O)O)cc1.S=S=S=S.[N-]=[N+]=NS(=O)(=O)n1cccc1. The zero-order valence-corrected chi connectivity index (χ0v) is 26.9. The Morgan fingerprint density at radius 1 is 0.860 bits per heavy atom. The number of aliphatic carboxylic acids is 2. The molecule has 0 spiro atoms. The molecule has 0 radical (unpaired) electrons. The van der Waals surface area contributed by atoms with E-state index in [2.05, 4.69) is 41.8 Å². The third-order valence-corrected chi connectivity index (χ3v) is 7.79. The molecule has 232 valence electrons. The molecule has 0 saturated carbocycles. The van der Waals surface area contributed by atoms with Gasteiger partial charge in [-0.05, 0) is 48.2 Å². The van der Waals surface area contributed by atoms with E-state index in [0.717, 1.165) is 22.2 Å². The summed E-state index contributed by atoms with van der Waals surface area (Å²) in [6, 6.07) is 15.0. The lowest BCUT2D eigenvalue weighted by atomic mass is 10.1. The van der Waals surface area contributed by atoms with Gasteiger partial charge in [0.25, 0.3) is 0 Å². The van der Waals surface area contributed by atoms with Crippen molar-refractivity contribution < 1.29 is 33.3 Å². The van der Waals surface area contributed by atoms with Crippen LogP contribution in [0.3, 0.4) is 0 Å². The first-order chi connectivity index (χ1) is 20.3. The number of hydrogen-bond donors (Lipinski definition) is 4. The molecule has 3 aromatic rings. The lowest BCUT2D eigenvalue weighted by Crippen LogP contribution is -2.20. The number of benzene rings is 2. The van der Waals surface area contributed by atoms with Crippen molar-refractivity contribution in [2.24, 2.45) is 15.4 Å². The maximum Gasteiger partial charge on any atom is 0.327 e. The molecule has 2 unspecified atom stereocenters. The zero-order valence-electron chi connectivity index (χ0n) is 22.8. The number of rotatable bonds is 7. The number of aliphatic hydroxyl groups is 1. The van der Waals surface area contributed by atoms with Crippen molar-refractivity contribution in [1.29, 1.82) is 0 Å². The first-order valence-corrected chi connectivity index (χ1v) is 16.6. The predicted octanol–water partition coefficient (Wildman–Crippen LogP) is 4.00. The molecule has 1 heterocycles. The van der Waals surface area contributed by atoms with E-state index in [1.807, 2.05) is 26.0 Å². The van der Waals surface area contributed by atoms with Crippen LogP contribution in [0.15, 0.2) is 82.7 Å². The molecule has 2 aromatic carbocycles.